The van der Waals surface area contributed by atoms with Crippen molar-refractivity contribution in [3.05, 3.63) is 76.1 Å². The lowest BCUT2D eigenvalue weighted by atomic mass is 9.80. The zero-order valence-electron chi connectivity index (χ0n) is 17.1. The molecule has 2 N–H and O–H groups in total. The molecule has 1 unspecified atom stereocenters. The van der Waals surface area contributed by atoms with Gasteiger partial charge in [-0.2, -0.15) is 0 Å². The molecule has 2 bridgehead atoms. The van der Waals surface area contributed by atoms with Gasteiger partial charge < -0.3 is 19.0 Å². The number of nitrogens with zero attached hydrogens (tertiary/aromatic N) is 1. The molecule has 3 aromatic rings. The van der Waals surface area contributed by atoms with Gasteiger partial charge in [0.25, 0.3) is 5.56 Å². The number of rotatable bonds is 5. The van der Waals surface area contributed by atoms with Crippen molar-refractivity contribution in [3.63, 3.8) is 0 Å². The summed E-state index contributed by atoms with van der Waals surface area (Å²) >= 11 is 1.74. The highest BCUT2D eigenvalue weighted by Gasteiger charge is 2.39. The first-order valence-corrected chi connectivity index (χ1v) is 11.8. The standard InChI is InChI=1S/C24H26N2O3S/c1-30-21-6-2-17(3-7-21)22-8-9-23(28)26-12-16-10-18(24(22)26)13-25(11-16)14-19-4-5-20(15-27)29-19/h2-9,16,18,27H,10-15H2,1H3/p+1/t16-,18+/m0/s1. The van der Waals surface area contributed by atoms with Gasteiger partial charge in [0.1, 0.15) is 18.9 Å². The highest BCUT2D eigenvalue weighted by molar-refractivity contribution is 7.98. The van der Waals surface area contributed by atoms with E-state index in [1.807, 2.05) is 22.8 Å². The van der Waals surface area contributed by atoms with Gasteiger partial charge in [0.05, 0.1) is 13.1 Å². The van der Waals surface area contributed by atoms with E-state index < -0.39 is 0 Å². The number of aliphatic hydroxyl groups excluding tert-OH is 1. The minimum atomic E-state index is -0.0600. The van der Waals surface area contributed by atoms with Gasteiger partial charge in [-0.1, -0.05) is 12.1 Å². The van der Waals surface area contributed by atoms with Gasteiger partial charge in [0.2, 0.25) is 0 Å². The van der Waals surface area contributed by atoms with Gasteiger partial charge in [-0.15, -0.1) is 11.8 Å². The Balaban J connectivity index is 1.47. The first-order chi connectivity index (χ1) is 14.6. The van der Waals surface area contributed by atoms with Crippen LogP contribution in [-0.2, 0) is 19.7 Å². The normalized spacial score (nSPS) is 22.7. The van der Waals surface area contributed by atoms with E-state index in [1.165, 1.54) is 26.6 Å². The predicted octanol–water partition coefficient (Wildman–Crippen LogP) is 2.52. The maximum Gasteiger partial charge on any atom is 0.250 e. The molecule has 30 heavy (non-hydrogen) atoms. The molecule has 5 rings (SSSR count). The number of likely N-dealkylation sites (tertiary alicyclic amines) is 1. The minimum Gasteiger partial charge on any atom is -0.458 e. The van der Waals surface area contributed by atoms with Gasteiger partial charge in [0.15, 0.2) is 5.76 Å². The van der Waals surface area contributed by atoms with E-state index >= 15 is 0 Å². The fraction of sp³-hybridized carbons (Fsp3) is 0.375. The molecule has 6 heteroatoms. The third-order valence-corrected chi connectivity index (χ3v) is 7.23. The van der Waals surface area contributed by atoms with Crippen LogP contribution in [0.3, 0.4) is 0 Å². The van der Waals surface area contributed by atoms with Gasteiger partial charge in [-0.3, -0.25) is 4.79 Å². The summed E-state index contributed by atoms with van der Waals surface area (Å²) in [5.74, 6) is 2.41. The Morgan fingerprint density at radius 2 is 1.90 bits per heavy atom. The van der Waals surface area contributed by atoms with E-state index in [0.717, 1.165) is 38.4 Å². The number of pyridine rings is 1. The van der Waals surface area contributed by atoms with Crippen molar-refractivity contribution in [2.24, 2.45) is 5.92 Å². The van der Waals surface area contributed by atoms with Crippen molar-refractivity contribution in [2.75, 3.05) is 19.3 Å². The number of hydrogen-bond donors (Lipinski definition) is 2. The molecule has 1 fully saturated rings. The topological polar surface area (TPSA) is 59.8 Å². The summed E-state index contributed by atoms with van der Waals surface area (Å²) in [6.45, 7) is 3.59. The number of piperidine rings is 1. The summed E-state index contributed by atoms with van der Waals surface area (Å²) in [6, 6.07) is 16.2. The SMILES string of the molecule is CSc1ccc(-c2ccc(=O)n3c2[C@@H]2C[C@H](C3)C[NH+](Cc3ccc(CO)o3)C2)cc1. The molecule has 0 radical (unpaired) electrons. The van der Waals surface area contributed by atoms with Crippen LogP contribution in [0.5, 0.6) is 0 Å². The fourth-order valence-corrected chi connectivity index (χ4v) is 5.65. The molecule has 2 aromatic heterocycles. The van der Waals surface area contributed by atoms with Crippen molar-refractivity contribution < 1.29 is 14.4 Å². The van der Waals surface area contributed by atoms with E-state index in [0.29, 0.717) is 17.6 Å². The van der Waals surface area contributed by atoms with Crippen LogP contribution in [0, 0.1) is 5.92 Å². The van der Waals surface area contributed by atoms with Crippen LogP contribution in [0.1, 0.15) is 29.6 Å². The Morgan fingerprint density at radius 3 is 2.63 bits per heavy atom. The zero-order chi connectivity index (χ0) is 20.7. The lowest BCUT2D eigenvalue weighted by molar-refractivity contribution is -0.925. The number of hydrogen-bond acceptors (Lipinski definition) is 4. The molecule has 0 aliphatic carbocycles. The second-order valence-electron chi connectivity index (χ2n) is 8.47. The van der Waals surface area contributed by atoms with Gasteiger partial charge in [0, 0.05) is 40.6 Å². The number of aliphatic hydroxyl groups is 1. The van der Waals surface area contributed by atoms with Crippen molar-refractivity contribution in [1.29, 1.82) is 0 Å². The van der Waals surface area contributed by atoms with E-state index in [9.17, 15) is 9.90 Å². The number of benzene rings is 1. The summed E-state index contributed by atoms with van der Waals surface area (Å²) in [6.07, 6.45) is 3.23. The second kappa shape index (κ2) is 8.10. The average molecular weight is 424 g/mol. The molecule has 3 atom stereocenters. The molecule has 1 saturated heterocycles. The number of quaternary nitrogens is 1. The average Bonchev–Trinajstić information content (AvgIpc) is 3.22. The van der Waals surface area contributed by atoms with E-state index in [2.05, 4.69) is 30.5 Å². The Labute approximate surface area is 180 Å². The highest BCUT2D eigenvalue weighted by Crippen LogP contribution is 2.37. The lowest BCUT2D eigenvalue weighted by Gasteiger charge is -2.41. The predicted molar refractivity (Wildman–Crippen MR) is 118 cm³/mol. The third kappa shape index (κ3) is 3.64. The number of fused-ring (bicyclic) bond motifs is 4. The molecule has 0 saturated carbocycles. The van der Waals surface area contributed by atoms with Crippen LogP contribution in [0.2, 0.25) is 0 Å². The zero-order valence-corrected chi connectivity index (χ0v) is 18.0. The molecule has 2 aliphatic heterocycles. The van der Waals surface area contributed by atoms with Crippen LogP contribution in [0.4, 0.5) is 0 Å². The summed E-state index contributed by atoms with van der Waals surface area (Å²) in [5.41, 5.74) is 3.68. The Hall–Kier alpha value is -2.28. The summed E-state index contributed by atoms with van der Waals surface area (Å²) in [5, 5.41) is 9.26. The first kappa shape index (κ1) is 19.7. The fourth-order valence-electron chi connectivity index (χ4n) is 5.25. The van der Waals surface area contributed by atoms with Gasteiger partial charge in [-0.25, -0.2) is 0 Å². The quantitative estimate of drug-likeness (QED) is 0.619. The van der Waals surface area contributed by atoms with Crippen molar-refractivity contribution in [3.8, 4) is 11.1 Å². The number of aromatic nitrogens is 1. The van der Waals surface area contributed by atoms with Crippen molar-refractivity contribution in [2.45, 2.75) is 36.9 Å². The number of thioether (sulfide) groups is 1. The molecule has 2 aliphatic rings. The van der Waals surface area contributed by atoms with Crippen molar-refractivity contribution >= 4 is 11.8 Å². The van der Waals surface area contributed by atoms with Crippen LogP contribution < -0.4 is 10.5 Å². The Bertz CT molecular complexity index is 1100. The molecule has 5 nitrogen and oxygen atoms in total. The summed E-state index contributed by atoms with van der Waals surface area (Å²) in [4.78, 5) is 15.4. The van der Waals surface area contributed by atoms with Gasteiger partial charge in [-0.05, 0) is 48.6 Å². The Morgan fingerprint density at radius 1 is 1.10 bits per heavy atom. The van der Waals surface area contributed by atoms with E-state index in [4.69, 9.17) is 4.42 Å². The first-order valence-electron chi connectivity index (χ1n) is 10.5. The Kier molecular flexibility index (Phi) is 5.31. The minimum absolute atomic E-state index is 0.0600. The monoisotopic (exact) mass is 423 g/mol. The van der Waals surface area contributed by atoms with Crippen LogP contribution in [0.25, 0.3) is 11.1 Å². The van der Waals surface area contributed by atoms with Crippen LogP contribution >= 0.6 is 11.8 Å². The second-order valence-corrected chi connectivity index (χ2v) is 9.35. The third-order valence-electron chi connectivity index (χ3n) is 6.48. The van der Waals surface area contributed by atoms with Gasteiger partial charge >= 0.3 is 0 Å². The largest absolute Gasteiger partial charge is 0.458 e. The lowest BCUT2D eigenvalue weighted by Crippen LogP contribution is -3.13. The molecule has 4 heterocycles. The molecular weight excluding hydrogens is 396 g/mol. The smallest absolute Gasteiger partial charge is 0.250 e. The number of furan rings is 1. The van der Waals surface area contributed by atoms with Crippen molar-refractivity contribution in [1.82, 2.24) is 4.57 Å². The number of nitrogens with one attached hydrogen (secondary N) is 1. The summed E-state index contributed by atoms with van der Waals surface area (Å²) in [7, 11) is 0. The highest BCUT2D eigenvalue weighted by atomic mass is 32.2. The maximum absolute atomic E-state index is 12.7. The van der Waals surface area contributed by atoms with E-state index in [-0.39, 0.29) is 12.2 Å². The molecule has 0 amide bonds. The van der Waals surface area contributed by atoms with Crippen LogP contribution in [-0.4, -0.2) is 29.0 Å². The van der Waals surface area contributed by atoms with Crippen LogP contribution in [0.15, 0.2) is 62.6 Å². The summed E-state index contributed by atoms with van der Waals surface area (Å²) < 4.78 is 7.77. The van der Waals surface area contributed by atoms with E-state index in [1.54, 1.807) is 17.8 Å². The molecule has 1 aromatic carbocycles. The molecule has 156 valence electrons. The maximum atomic E-state index is 12.7. The molecule has 0 spiro atoms. The molecular formula is C24H27N2O3S+.